The number of pyridine rings is 1. The number of benzene rings is 2. The lowest BCUT2D eigenvalue weighted by molar-refractivity contribution is 0.0396. The highest BCUT2D eigenvalue weighted by atomic mass is 19.1. The van der Waals surface area contributed by atoms with E-state index in [0.29, 0.717) is 56.9 Å². The molecular formula is C29H29FN4O5. The summed E-state index contributed by atoms with van der Waals surface area (Å²) in [5.74, 6) is 1.14. The van der Waals surface area contributed by atoms with Crippen LogP contribution in [0.25, 0.3) is 22.7 Å². The Morgan fingerprint density at radius 1 is 1.21 bits per heavy atom. The molecule has 4 aromatic rings. The number of aliphatic hydroxyl groups is 1. The first-order valence-corrected chi connectivity index (χ1v) is 12.5. The molecule has 1 aliphatic heterocycles. The van der Waals surface area contributed by atoms with Crippen LogP contribution < -0.4 is 15.2 Å². The average molecular weight is 533 g/mol. The van der Waals surface area contributed by atoms with Gasteiger partial charge < -0.3 is 24.8 Å². The van der Waals surface area contributed by atoms with Crippen LogP contribution in [0.3, 0.4) is 0 Å². The largest absolute Gasteiger partial charge is 0.496 e. The summed E-state index contributed by atoms with van der Waals surface area (Å²) in [5, 5.41) is 15.3. The SMILES string of the molecule is COc1cc(C(=O)CC[C@@](C)(O)c2cc3c(c(-c4ccc(F)cc4)n2)OC[C@@]3(C)N)ccc1-c1nc(C)no1. The van der Waals surface area contributed by atoms with Gasteiger partial charge in [-0.25, -0.2) is 9.37 Å². The molecule has 2 aromatic carbocycles. The summed E-state index contributed by atoms with van der Waals surface area (Å²) in [6.07, 6.45) is 0.131. The highest BCUT2D eigenvalue weighted by molar-refractivity contribution is 5.97. The molecule has 10 heteroatoms. The molecule has 3 N–H and O–H groups in total. The van der Waals surface area contributed by atoms with Crippen LogP contribution in [-0.2, 0) is 11.1 Å². The normalized spacial score (nSPS) is 17.8. The van der Waals surface area contributed by atoms with Crippen LogP contribution >= 0.6 is 0 Å². The summed E-state index contributed by atoms with van der Waals surface area (Å²) in [6, 6.07) is 12.6. The van der Waals surface area contributed by atoms with Gasteiger partial charge in [-0.15, -0.1) is 0 Å². The molecule has 9 nitrogen and oxygen atoms in total. The average Bonchev–Trinajstić information content (AvgIpc) is 3.49. The van der Waals surface area contributed by atoms with E-state index in [1.165, 1.54) is 19.2 Å². The minimum Gasteiger partial charge on any atom is -0.496 e. The Kier molecular flexibility index (Phi) is 6.69. The van der Waals surface area contributed by atoms with E-state index in [0.717, 1.165) is 0 Å². The Morgan fingerprint density at radius 3 is 2.62 bits per heavy atom. The third kappa shape index (κ3) is 5.13. The zero-order chi connectivity index (χ0) is 27.9. The molecule has 202 valence electrons. The van der Waals surface area contributed by atoms with E-state index in [9.17, 15) is 14.3 Å². The Balaban J connectivity index is 1.41. The molecular weight excluding hydrogens is 503 g/mol. The third-order valence-electron chi connectivity index (χ3n) is 6.89. The van der Waals surface area contributed by atoms with Crippen LogP contribution in [0.4, 0.5) is 4.39 Å². The molecule has 1 aliphatic rings. The zero-order valence-electron chi connectivity index (χ0n) is 22.1. The highest BCUT2D eigenvalue weighted by Gasteiger charge is 2.38. The topological polar surface area (TPSA) is 134 Å². The Hall–Kier alpha value is -4.15. The summed E-state index contributed by atoms with van der Waals surface area (Å²) in [5.41, 5.74) is 7.31. The standard InChI is InChI=1S/C29H29FN4O5/c1-16-32-27(39-34-16)20-10-7-18(13-23(20)37-4)22(35)11-12-29(3,36)24-14-21-26(38-15-28(21,2)31)25(33-24)17-5-8-19(30)9-6-17/h5-10,13-14,36H,11-12,15,31H2,1-4H3/t28-,29-/m1/s1. The van der Waals surface area contributed by atoms with E-state index in [2.05, 4.69) is 10.1 Å². The van der Waals surface area contributed by atoms with E-state index >= 15 is 0 Å². The number of hydrogen-bond donors (Lipinski definition) is 2. The second-order valence-corrected chi connectivity index (χ2v) is 10.2. The quantitative estimate of drug-likeness (QED) is 0.310. The van der Waals surface area contributed by atoms with Crippen molar-refractivity contribution < 1.29 is 28.3 Å². The van der Waals surface area contributed by atoms with Crippen LogP contribution in [0.15, 0.2) is 53.1 Å². The van der Waals surface area contributed by atoms with E-state index in [1.54, 1.807) is 50.2 Å². The number of aromatic nitrogens is 3. The van der Waals surface area contributed by atoms with Crippen molar-refractivity contribution in [2.24, 2.45) is 5.73 Å². The molecule has 0 radical (unpaired) electrons. The number of carbonyl (C=O) groups is 1. The maximum atomic E-state index is 13.6. The van der Waals surface area contributed by atoms with Gasteiger partial charge in [0.25, 0.3) is 5.89 Å². The summed E-state index contributed by atoms with van der Waals surface area (Å²) < 4.78 is 30.1. The molecule has 5 rings (SSSR count). The van der Waals surface area contributed by atoms with Crippen molar-refractivity contribution >= 4 is 5.78 Å². The predicted molar refractivity (Wildman–Crippen MR) is 141 cm³/mol. The number of rotatable bonds is 8. The van der Waals surface area contributed by atoms with Crippen molar-refractivity contribution in [1.29, 1.82) is 0 Å². The lowest BCUT2D eigenvalue weighted by Crippen LogP contribution is -2.35. The van der Waals surface area contributed by atoms with Gasteiger partial charge >= 0.3 is 0 Å². The number of nitrogens with zero attached hydrogens (tertiary/aromatic N) is 3. The van der Waals surface area contributed by atoms with Gasteiger partial charge in [-0.05, 0) is 69.7 Å². The molecule has 39 heavy (non-hydrogen) atoms. The summed E-state index contributed by atoms with van der Waals surface area (Å²) >= 11 is 0. The fraction of sp³-hybridized carbons (Fsp3) is 0.310. The number of Topliss-reactive ketones (excluding diaryl/α,β-unsaturated/α-hetero) is 1. The van der Waals surface area contributed by atoms with Gasteiger partial charge in [0.15, 0.2) is 17.4 Å². The first-order valence-electron chi connectivity index (χ1n) is 12.5. The number of fused-ring (bicyclic) bond motifs is 1. The Morgan fingerprint density at radius 2 is 1.95 bits per heavy atom. The molecule has 0 spiro atoms. The number of halogens is 1. The first kappa shape index (κ1) is 26.5. The Bertz CT molecular complexity index is 1550. The van der Waals surface area contributed by atoms with E-state index in [4.69, 9.17) is 24.7 Å². The number of methoxy groups -OCH3 is 1. The minimum absolute atomic E-state index is 0.0379. The van der Waals surface area contributed by atoms with Gasteiger partial charge in [-0.1, -0.05) is 11.2 Å². The molecule has 0 bridgehead atoms. The monoisotopic (exact) mass is 532 g/mol. The van der Waals surface area contributed by atoms with Crippen molar-refractivity contribution in [2.75, 3.05) is 13.7 Å². The van der Waals surface area contributed by atoms with Crippen molar-refractivity contribution in [3.8, 4) is 34.2 Å². The maximum Gasteiger partial charge on any atom is 0.261 e. The van der Waals surface area contributed by atoms with E-state index < -0.39 is 11.1 Å². The van der Waals surface area contributed by atoms with E-state index in [-0.39, 0.29) is 31.0 Å². The fourth-order valence-electron chi connectivity index (χ4n) is 4.56. The van der Waals surface area contributed by atoms with Gasteiger partial charge in [-0.3, -0.25) is 4.79 Å². The molecule has 2 atom stereocenters. The van der Waals surface area contributed by atoms with Crippen LogP contribution in [-0.4, -0.2) is 39.7 Å². The minimum atomic E-state index is -1.47. The molecule has 2 aromatic heterocycles. The second-order valence-electron chi connectivity index (χ2n) is 10.2. The molecule has 0 saturated heterocycles. The lowest BCUT2D eigenvalue weighted by atomic mass is 9.88. The van der Waals surface area contributed by atoms with Crippen molar-refractivity contribution in [1.82, 2.24) is 15.1 Å². The van der Waals surface area contributed by atoms with Gasteiger partial charge in [0.2, 0.25) is 0 Å². The summed E-state index contributed by atoms with van der Waals surface area (Å²) in [4.78, 5) is 22.1. The van der Waals surface area contributed by atoms with Crippen molar-refractivity contribution in [2.45, 2.75) is 44.8 Å². The van der Waals surface area contributed by atoms with Gasteiger partial charge in [0.1, 0.15) is 29.5 Å². The van der Waals surface area contributed by atoms with Crippen molar-refractivity contribution in [3.05, 3.63) is 77.0 Å². The summed E-state index contributed by atoms with van der Waals surface area (Å²) in [7, 11) is 1.49. The molecule has 3 heterocycles. The van der Waals surface area contributed by atoms with E-state index in [1.807, 2.05) is 6.92 Å². The van der Waals surface area contributed by atoms with Crippen LogP contribution in [0.1, 0.15) is 54.1 Å². The van der Waals surface area contributed by atoms with Gasteiger partial charge in [0, 0.05) is 23.1 Å². The highest BCUT2D eigenvalue weighted by Crippen LogP contribution is 2.44. The zero-order valence-corrected chi connectivity index (χ0v) is 22.1. The molecule has 0 fully saturated rings. The maximum absolute atomic E-state index is 13.6. The number of hydrogen-bond acceptors (Lipinski definition) is 9. The fourth-order valence-corrected chi connectivity index (χ4v) is 4.56. The molecule has 0 saturated carbocycles. The lowest BCUT2D eigenvalue weighted by Gasteiger charge is -2.25. The third-order valence-corrected chi connectivity index (χ3v) is 6.89. The number of ketones is 1. The number of ether oxygens (including phenoxy) is 2. The second kappa shape index (κ2) is 9.87. The first-order chi connectivity index (χ1) is 18.5. The number of carbonyl (C=O) groups excluding carboxylic acids is 1. The number of nitrogens with two attached hydrogens (primary N) is 1. The summed E-state index contributed by atoms with van der Waals surface area (Å²) in [6.45, 7) is 5.39. The van der Waals surface area contributed by atoms with Crippen molar-refractivity contribution in [3.63, 3.8) is 0 Å². The van der Waals surface area contributed by atoms with Crippen LogP contribution in [0.2, 0.25) is 0 Å². The van der Waals surface area contributed by atoms with Crippen LogP contribution in [0, 0.1) is 12.7 Å². The number of aryl methyl sites for hydroxylation is 1. The Labute approximate surface area is 224 Å². The van der Waals surface area contributed by atoms with Crippen LogP contribution in [0.5, 0.6) is 11.5 Å². The van der Waals surface area contributed by atoms with Gasteiger partial charge in [-0.2, -0.15) is 4.98 Å². The van der Waals surface area contributed by atoms with Gasteiger partial charge in [0.05, 0.1) is 23.9 Å². The smallest absolute Gasteiger partial charge is 0.261 e. The molecule has 0 aliphatic carbocycles. The predicted octanol–water partition coefficient (Wildman–Crippen LogP) is 4.69. The molecule has 0 unspecified atom stereocenters. The molecule has 0 amide bonds.